The summed E-state index contributed by atoms with van der Waals surface area (Å²) in [6.07, 6.45) is 1.70. The van der Waals surface area contributed by atoms with Crippen LogP contribution in [-0.4, -0.2) is 14.9 Å². The molecule has 0 aliphatic heterocycles. The van der Waals surface area contributed by atoms with Crippen molar-refractivity contribution in [3.63, 3.8) is 0 Å². The summed E-state index contributed by atoms with van der Waals surface area (Å²) < 4.78 is 0.646. The fourth-order valence-electron chi connectivity index (χ4n) is 1.55. The monoisotopic (exact) mass is 322 g/mol. The summed E-state index contributed by atoms with van der Waals surface area (Å²) >= 11 is 3.30. The van der Waals surface area contributed by atoms with Gasteiger partial charge in [0, 0.05) is 28.5 Å². The average molecular weight is 323 g/mol. The van der Waals surface area contributed by atoms with Crippen molar-refractivity contribution >= 4 is 27.3 Å². The average Bonchev–Trinajstić information content (AvgIpc) is 2.37. The zero-order chi connectivity index (χ0) is 13.8. The Morgan fingerprint density at radius 1 is 1.42 bits per heavy atom. The summed E-state index contributed by atoms with van der Waals surface area (Å²) in [4.78, 5) is 18.5. The maximum atomic E-state index is 10.6. The van der Waals surface area contributed by atoms with Crippen molar-refractivity contribution < 1.29 is 4.92 Å². The maximum absolute atomic E-state index is 10.6. The highest BCUT2D eigenvalue weighted by Gasteiger charge is 2.08. The van der Waals surface area contributed by atoms with E-state index >= 15 is 0 Å². The third-order valence-electron chi connectivity index (χ3n) is 2.46. The molecular weight excluding hydrogens is 312 g/mol. The molecule has 6 nitrogen and oxygen atoms in total. The second-order valence-electron chi connectivity index (χ2n) is 3.87. The van der Waals surface area contributed by atoms with Crippen molar-refractivity contribution in [2.24, 2.45) is 0 Å². The molecule has 0 spiro atoms. The van der Waals surface area contributed by atoms with Gasteiger partial charge in [-0.15, -0.1) is 0 Å². The largest absolute Gasteiger partial charge is 0.378 e. The van der Waals surface area contributed by atoms with Gasteiger partial charge in [0.2, 0.25) is 0 Å². The first-order valence-electron chi connectivity index (χ1n) is 5.52. The summed E-state index contributed by atoms with van der Waals surface area (Å²) in [5.74, 6) is 0.710. The van der Waals surface area contributed by atoms with E-state index in [4.69, 9.17) is 0 Å². The van der Waals surface area contributed by atoms with Crippen LogP contribution in [0.5, 0.6) is 0 Å². The smallest absolute Gasteiger partial charge is 0.270 e. The lowest BCUT2D eigenvalue weighted by Crippen LogP contribution is -2.03. The number of nitrogens with one attached hydrogen (secondary N) is 1. The number of rotatable bonds is 4. The molecule has 19 heavy (non-hydrogen) atoms. The molecule has 0 aliphatic rings. The number of benzene rings is 1. The molecule has 0 amide bonds. The number of aromatic nitrogens is 2. The Kier molecular flexibility index (Phi) is 4.06. The predicted octanol–water partition coefficient (Wildman–Crippen LogP) is 3.07. The van der Waals surface area contributed by atoms with Gasteiger partial charge in [-0.1, -0.05) is 0 Å². The summed E-state index contributed by atoms with van der Waals surface area (Å²) in [7, 11) is 0. The second kappa shape index (κ2) is 5.75. The maximum Gasteiger partial charge on any atom is 0.270 e. The highest BCUT2D eigenvalue weighted by molar-refractivity contribution is 9.10. The van der Waals surface area contributed by atoms with Crippen LogP contribution in [0.3, 0.4) is 0 Å². The number of aryl methyl sites for hydroxylation is 1. The minimum absolute atomic E-state index is 0.0512. The molecule has 0 radical (unpaired) electrons. The van der Waals surface area contributed by atoms with Crippen molar-refractivity contribution in [3.8, 4) is 0 Å². The summed E-state index contributed by atoms with van der Waals surface area (Å²) in [6, 6.07) is 6.40. The van der Waals surface area contributed by atoms with Crippen LogP contribution in [0.25, 0.3) is 0 Å². The molecule has 1 aromatic heterocycles. The Morgan fingerprint density at radius 2 is 2.21 bits per heavy atom. The van der Waals surface area contributed by atoms with Crippen molar-refractivity contribution in [1.29, 1.82) is 0 Å². The van der Waals surface area contributed by atoms with E-state index in [9.17, 15) is 10.1 Å². The van der Waals surface area contributed by atoms with Gasteiger partial charge in [-0.3, -0.25) is 10.1 Å². The van der Waals surface area contributed by atoms with Crippen LogP contribution in [0.4, 0.5) is 11.4 Å². The molecular formula is C12H11BrN4O2. The van der Waals surface area contributed by atoms with Crippen LogP contribution in [0, 0.1) is 17.0 Å². The number of nitrogens with zero attached hydrogens (tertiary/aromatic N) is 3. The topological polar surface area (TPSA) is 81.0 Å². The first-order chi connectivity index (χ1) is 9.06. The lowest BCUT2D eigenvalue weighted by Gasteiger charge is -2.08. The quantitative estimate of drug-likeness (QED) is 0.691. The molecule has 2 rings (SSSR count). The molecule has 2 aromatic rings. The van der Waals surface area contributed by atoms with Gasteiger partial charge in [-0.2, -0.15) is 0 Å². The van der Waals surface area contributed by atoms with Crippen molar-refractivity contribution in [2.75, 3.05) is 5.32 Å². The van der Waals surface area contributed by atoms with Gasteiger partial charge < -0.3 is 5.32 Å². The first kappa shape index (κ1) is 13.4. The van der Waals surface area contributed by atoms with E-state index in [-0.39, 0.29) is 5.69 Å². The number of non-ortho nitro benzene ring substituents is 1. The Balaban J connectivity index is 2.10. The summed E-state index contributed by atoms with van der Waals surface area (Å²) in [5, 5.41) is 13.8. The fraction of sp³-hybridized carbons (Fsp3) is 0.167. The Morgan fingerprint density at radius 3 is 2.84 bits per heavy atom. The van der Waals surface area contributed by atoms with E-state index in [1.165, 1.54) is 12.1 Å². The molecule has 0 bridgehead atoms. The standard InChI is InChI=1S/C12H11BrN4O2/c1-8-14-5-4-9(16-8)7-15-12-3-2-10(17(18)19)6-11(12)13/h2-6,15H,7H2,1H3. The SMILES string of the molecule is Cc1nccc(CNc2ccc([N+](=O)[O-])cc2Br)n1. The molecule has 0 unspecified atom stereocenters. The van der Waals surface area contributed by atoms with Gasteiger partial charge in [-0.25, -0.2) is 9.97 Å². The highest BCUT2D eigenvalue weighted by Crippen LogP contribution is 2.27. The molecule has 7 heteroatoms. The number of nitro benzene ring substituents is 1. The molecule has 0 fully saturated rings. The number of halogens is 1. The van der Waals surface area contributed by atoms with E-state index in [2.05, 4.69) is 31.2 Å². The van der Waals surface area contributed by atoms with Crippen molar-refractivity contribution in [2.45, 2.75) is 13.5 Å². The number of hydrogen-bond acceptors (Lipinski definition) is 5. The van der Waals surface area contributed by atoms with Crippen LogP contribution in [-0.2, 0) is 6.54 Å². The third kappa shape index (κ3) is 3.47. The lowest BCUT2D eigenvalue weighted by molar-refractivity contribution is -0.384. The molecule has 0 atom stereocenters. The van der Waals surface area contributed by atoms with Gasteiger partial charge in [0.1, 0.15) is 5.82 Å². The lowest BCUT2D eigenvalue weighted by atomic mass is 10.2. The molecule has 1 aromatic carbocycles. The molecule has 0 saturated heterocycles. The fourth-order valence-corrected chi connectivity index (χ4v) is 2.06. The van der Waals surface area contributed by atoms with E-state index in [1.54, 1.807) is 12.3 Å². The number of anilines is 1. The van der Waals surface area contributed by atoms with Crippen molar-refractivity contribution in [3.05, 3.63) is 56.6 Å². The van der Waals surface area contributed by atoms with Crippen LogP contribution < -0.4 is 5.32 Å². The first-order valence-corrected chi connectivity index (χ1v) is 6.32. The van der Waals surface area contributed by atoms with Crippen molar-refractivity contribution in [1.82, 2.24) is 9.97 Å². The minimum atomic E-state index is -0.428. The van der Waals surface area contributed by atoms with Gasteiger partial charge in [0.05, 0.1) is 17.2 Å². The van der Waals surface area contributed by atoms with Gasteiger partial charge >= 0.3 is 0 Å². The summed E-state index contributed by atoms with van der Waals surface area (Å²) in [6.45, 7) is 2.35. The predicted molar refractivity (Wildman–Crippen MR) is 74.9 cm³/mol. The van der Waals surface area contributed by atoms with Crippen LogP contribution in [0.1, 0.15) is 11.5 Å². The zero-order valence-corrected chi connectivity index (χ0v) is 11.7. The van der Waals surface area contributed by atoms with E-state index in [0.717, 1.165) is 11.4 Å². The molecule has 1 N–H and O–H groups in total. The minimum Gasteiger partial charge on any atom is -0.378 e. The Hall–Kier alpha value is -2.02. The Bertz CT molecular complexity index is 618. The zero-order valence-electron chi connectivity index (χ0n) is 10.1. The number of nitro groups is 1. The third-order valence-corrected chi connectivity index (χ3v) is 3.11. The van der Waals surface area contributed by atoms with Gasteiger partial charge in [0.15, 0.2) is 0 Å². The number of hydrogen-bond donors (Lipinski definition) is 1. The second-order valence-corrected chi connectivity index (χ2v) is 4.72. The van der Waals surface area contributed by atoms with E-state index in [0.29, 0.717) is 16.8 Å². The van der Waals surface area contributed by atoms with Gasteiger partial charge in [0.25, 0.3) is 5.69 Å². The Labute approximate surface area is 118 Å². The van der Waals surface area contributed by atoms with Crippen LogP contribution >= 0.6 is 15.9 Å². The van der Waals surface area contributed by atoms with E-state index < -0.39 is 4.92 Å². The summed E-state index contributed by atoms with van der Waals surface area (Å²) in [5.41, 5.74) is 1.69. The molecule has 0 aliphatic carbocycles. The molecule has 0 saturated carbocycles. The van der Waals surface area contributed by atoms with Crippen LogP contribution in [0.2, 0.25) is 0 Å². The molecule has 98 valence electrons. The van der Waals surface area contributed by atoms with E-state index in [1.807, 2.05) is 13.0 Å². The highest BCUT2D eigenvalue weighted by atomic mass is 79.9. The molecule has 1 heterocycles. The normalized spacial score (nSPS) is 10.2. The van der Waals surface area contributed by atoms with Crippen LogP contribution in [0.15, 0.2) is 34.9 Å². The van der Waals surface area contributed by atoms with Gasteiger partial charge in [-0.05, 0) is 35.0 Å².